The summed E-state index contributed by atoms with van der Waals surface area (Å²) >= 11 is 0. The molecule has 2 aliphatic heterocycles. The molecule has 5 rings (SSSR count). The van der Waals surface area contributed by atoms with Crippen LogP contribution in [0.5, 0.6) is 11.5 Å². The van der Waals surface area contributed by atoms with Gasteiger partial charge in [0.25, 0.3) is 5.91 Å². The van der Waals surface area contributed by atoms with E-state index in [0.717, 1.165) is 12.5 Å². The summed E-state index contributed by atoms with van der Waals surface area (Å²) in [6, 6.07) is 13.3. The van der Waals surface area contributed by atoms with E-state index in [1.54, 1.807) is 0 Å². The van der Waals surface area contributed by atoms with Gasteiger partial charge in [-0.25, -0.2) is 13.2 Å². The number of hydrogen-bond acceptors (Lipinski definition) is 4. The fourth-order valence-electron chi connectivity index (χ4n) is 4.42. The molecule has 0 N–H and O–H groups in total. The van der Waals surface area contributed by atoms with Gasteiger partial charge in [0.15, 0.2) is 11.5 Å². The van der Waals surface area contributed by atoms with Crippen LogP contribution in [0.2, 0.25) is 0 Å². The Labute approximate surface area is 194 Å². The van der Waals surface area contributed by atoms with Crippen LogP contribution in [-0.2, 0) is 10.5 Å². The summed E-state index contributed by atoms with van der Waals surface area (Å²) in [5.74, 6) is -3.57. The summed E-state index contributed by atoms with van der Waals surface area (Å²) in [6.45, 7) is 2.75. The fourth-order valence-corrected chi connectivity index (χ4v) is 4.42. The molecule has 0 aromatic heterocycles. The average Bonchev–Trinajstić information content (AvgIpc) is 3.44. The van der Waals surface area contributed by atoms with Crippen LogP contribution in [0.15, 0.2) is 60.7 Å². The third-order valence-corrected chi connectivity index (χ3v) is 6.04. The van der Waals surface area contributed by atoms with Gasteiger partial charge in [-0.3, -0.25) is 4.79 Å². The molecule has 0 aliphatic carbocycles. The Morgan fingerprint density at radius 1 is 0.971 bits per heavy atom. The molecule has 5 nitrogen and oxygen atoms in total. The number of nitrogens with zero attached hydrogens (tertiary/aromatic N) is 1. The zero-order valence-corrected chi connectivity index (χ0v) is 18.4. The topological polar surface area (TPSA) is 48.0 Å². The zero-order valence-electron chi connectivity index (χ0n) is 18.4. The summed E-state index contributed by atoms with van der Waals surface area (Å²) in [4.78, 5) is 14.7. The van der Waals surface area contributed by atoms with Gasteiger partial charge >= 0.3 is 5.79 Å². The second-order valence-corrected chi connectivity index (χ2v) is 8.16. The van der Waals surface area contributed by atoms with E-state index in [-0.39, 0.29) is 17.1 Å². The highest BCUT2D eigenvalue weighted by Crippen LogP contribution is 2.48. The van der Waals surface area contributed by atoms with Crippen molar-refractivity contribution in [3.8, 4) is 11.5 Å². The van der Waals surface area contributed by atoms with Crippen LogP contribution in [0.25, 0.3) is 0 Å². The molecule has 1 unspecified atom stereocenters. The van der Waals surface area contributed by atoms with E-state index < -0.39 is 35.4 Å². The number of fused-ring (bicyclic) bond motifs is 1. The number of carbonyl (C=O) groups is 1. The van der Waals surface area contributed by atoms with Crippen molar-refractivity contribution in [3.05, 3.63) is 94.8 Å². The number of carbonyl (C=O) groups excluding carboxylic acids is 1. The van der Waals surface area contributed by atoms with Crippen molar-refractivity contribution in [1.29, 1.82) is 0 Å². The lowest BCUT2D eigenvalue weighted by Crippen LogP contribution is -2.37. The lowest BCUT2D eigenvalue weighted by atomic mass is 9.97. The second kappa shape index (κ2) is 8.68. The molecule has 8 heteroatoms. The molecule has 3 aromatic carbocycles. The maximum absolute atomic E-state index is 15.1. The largest absolute Gasteiger partial charge is 0.440 e. The van der Waals surface area contributed by atoms with E-state index >= 15 is 4.39 Å². The van der Waals surface area contributed by atoms with Crippen LogP contribution in [-0.4, -0.2) is 30.2 Å². The summed E-state index contributed by atoms with van der Waals surface area (Å²) in [5, 5.41) is 0. The summed E-state index contributed by atoms with van der Waals surface area (Å²) in [6.07, 6.45) is 1.05. The first-order valence-corrected chi connectivity index (χ1v) is 11.1. The Morgan fingerprint density at radius 2 is 1.53 bits per heavy atom. The predicted molar refractivity (Wildman–Crippen MR) is 117 cm³/mol. The smallest absolute Gasteiger partial charge is 0.305 e. The predicted octanol–water partition coefficient (Wildman–Crippen LogP) is 5.38. The first-order valence-electron chi connectivity index (χ1n) is 11.1. The Morgan fingerprint density at radius 3 is 2.09 bits per heavy atom. The maximum Gasteiger partial charge on any atom is 0.305 e. The Balaban J connectivity index is 1.54. The van der Waals surface area contributed by atoms with Crippen molar-refractivity contribution in [3.63, 3.8) is 0 Å². The van der Waals surface area contributed by atoms with Crippen LogP contribution in [0.3, 0.4) is 0 Å². The molecule has 1 atom stereocenters. The van der Waals surface area contributed by atoms with Crippen molar-refractivity contribution in [2.45, 2.75) is 31.8 Å². The molecular formula is C26H22F3NO4. The third-order valence-electron chi connectivity index (χ3n) is 6.04. The number of amides is 1. The van der Waals surface area contributed by atoms with E-state index in [9.17, 15) is 13.6 Å². The molecule has 1 amide bonds. The molecule has 0 radical (unpaired) electrons. The van der Waals surface area contributed by atoms with E-state index in [0.29, 0.717) is 30.7 Å². The van der Waals surface area contributed by atoms with Gasteiger partial charge in [-0.15, -0.1) is 0 Å². The van der Waals surface area contributed by atoms with Gasteiger partial charge in [-0.05, 0) is 74.4 Å². The zero-order chi connectivity index (χ0) is 23.9. The van der Waals surface area contributed by atoms with E-state index in [1.165, 1.54) is 59.5 Å². The third kappa shape index (κ3) is 3.77. The SMILES string of the molecule is CCOC1CCCN1C(=O)c1cc2c(cc1F)OC(c1ccc(F)cc1)(c1ccc(F)cc1)O2. The number of rotatable bonds is 5. The molecule has 2 aliphatic rings. The van der Waals surface area contributed by atoms with E-state index in [4.69, 9.17) is 14.2 Å². The molecule has 176 valence electrons. The molecular weight excluding hydrogens is 447 g/mol. The number of ether oxygens (including phenoxy) is 3. The molecule has 34 heavy (non-hydrogen) atoms. The second-order valence-electron chi connectivity index (χ2n) is 8.16. The molecule has 0 saturated carbocycles. The van der Waals surface area contributed by atoms with Crippen molar-refractivity contribution in [1.82, 2.24) is 4.90 Å². The molecule has 3 aromatic rings. The minimum absolute atomic E-state index is 0.0745. The highest BCUT2D eigenvalue weighted by molar-refractivity contribution is 5.95. The van der Waals surface area contributed by atoms with E-state index in [2.05, 4.69) is 0 Å². The van der Waals surface area contributed by atoms with Crippen LogP contribution in [0.4, 0.5) is 13.2 Å². The first kappa shape index (κ1) is 22.3. The number of benzene rings is 3. The fraction of sp³-hybridized carbons (Fsp3) is 0.269. The van der Waals surface area contributed by atoms with Crippen LogP contribution in [0.1, 0.15) is 41.3 Å². The van der Waals surface area contributed by atoms with Gasteiger partial charge in [0.1, 0.15) is 23.7 Å². The van der Waals surface area contributed by atoms with Gasteiger partial charge in [0, 0.05) is 30.3 Å². The van der Waals surface area contributed by atoms with Gasteiger partial charge in [-0.1, -0.05) is 0 Å². The molecule has 1 fully saturated rings. The number of likely N-dealkylation sites (tertiary alicyclic amines) is 1. The lowest BCUT2D eigenvalue weighted by Gasteiger charge is -2.28. The van der Waals surface area contributed by atoms with Crippen molar-refractivity contribution >= 4 is 5.91 Å². The summed E-state index contributed by atoms with van der Waals surface area (Å²) in [5.41, 5.74) is 0.671. The number of hydrogen-bond donors (Lipinski definition) is 0. The highest BCUT2D eigenvalue weighted by atomic mass is 19.1. The molecule has 0 spiro atoms. The average molecular weight is 469 g/mol. The van der Waals surface area contributed by atoms with E-state index in [1.807, 2.05) is 6.92 Å². The molecule has 0 bridgehead atoms. The maximum atomic E-state index is 15.1. The minimum Gasteiger partial charge on any atom is -0.440 e. The van der Waals surface area contributed by atoms with Crippen LogP contribution in [0, 0.1) is 17.5 Å². The molecule has 2 heterocycles. The molecule has 1 saturated heterocycles. The van der Waals surface area contributed by atoms with Crippen molar-refractivity contribution in [2.24, 2.45) is 0 Å². The summed E-state index contributed by atoms with van der Waals surface area (Å²) in [7, 11) is 0. The lowest BCUT2D eigenvalue weighted by molar-refractivity contribution is -0.0460. The summed E-state index contributed by atoms with van der Waals surface area (Å²) < 4.78 is 60.2. The minimum atomic E-state index is -1.61. The number of halogens is 3. The first-order chi connectivity index (χ1) is 16.4. The Kier molecular flexibility index (Phi) is 5.69. The van der Waals surface area contributed by atoms with Gasteiger partial charge < -0.3 is 19.1 Å². The van der Waals surface area contributed by atoms with Crippen molar-refractivity contribution < 1.29 is 32.2 Å². The quantitative estimate of drug-likeness (QED) is 0.504. The monoisotopic (exact) mass is 469 g/mol. The van der Waals surface area contributed by atoms with Gasteiger partial charge in [0.2, 0.25) is 0 Å². The normalized spacial score (nSPS) is 18.4. The van der Waals surface area contributed by atoms with Crippen LogP contribution < -0.4 is 9.47 Å². The Bertz CT molecular complexity index is 1170. The van der Waals surface area contributed by atoms with Gasteiger partial charge in [-0.2, -0.15) is 0 Å². The Hall–Kier alpha value is -3.52. The van der Waals surface area contributed by atoms with Gasteiger partial charge in [0.05, 0.1) is 5.56 Å². The van der Waals surface area contributed by atoms with Crippen LogP contribution >= 0.6 is 0 Å². The van der Waals surface area contributed by atoms with Crippen molar-refractivity contribution in [2.75, 3.05) is 13.2 Å². The standard InChI is InChI=1S/C26H22F3NO4/c1-2-32-24-4-3-13-30(24)25(31)20-14-22-23(15-21(20)29)34-26(33-22,16-5-9-18(27)10-6-16)17-7-11-19(28)12-8-17/h5-12,14-15,24H,2-4,13H2,1H3. The highest BCUT2D eigenvalue weighted by Gasteiger charge is 2.46.